The molecule has 2 heteroatoms. The van der Waals surface area contributed by atoms with Crippen molar-refractivity contribution < 1.29 is 0 Å². The molecule has 0 bridgehead atoms. The van der Waals surface area contributed by atoms with E-state index >= 15 is 0 Å². The predicted molar refractivity (Wildman–Crippen MR) is 322 cm³/mol. The van der Waals surface area contributed by atoms with E-state index in [2.05, 4.69) is 262 Å². The third-order valence-corrected chi connectivity index (χ3v) is 13.4. The van der Waals surface area contributed by atoms with Gasteiger partial charge in [0, 0.05) is 46.0 Å². The van der Waals surface area contributed by atoms with Gasteiger partial charge in [0.15, 0.2) is 0 Å². The summed E-state index contributed by atoms with van der Waals surface area (Å²) in [6, 6.07) is 28.8. The summed E-state index contributed by atoms with van der Waals surface area (Å²) in [4.78, 5) is 4.80. The molecular formula is C71H74N2. The summed E-state index contributed by atoms with van der Waals surface area (Å²) < 4.78 is 0. The van der Waals surface area contributed by atoms with Gasteiger partial charge in [-0.15, -0.1) is 0 Å². The molecule has 0 saturated carbocycles. The van der Waals surface area contributed by atoms with E-state index in [-0.39, 0.29) is 6.04 Å². The van der Waals surface area contributed by atoms with Crippen LogP contribution in [0.2, 0.25) is 0 Å². The van der Waals surface area contributed by atoms with Gasteiger partial charge in [0.25, 0.3) is 0 Å². The number of nitrogens with zero attached hydrogens (tertiary/aromatic N) is 2. The van der Waals surface area contributed by atoms with E-state index in [0.29, 0.717) is 12.3 Å². The Bertz CT molecular complexity index is 3200. The fourth-order valence-corrected chi connectivity index (χ4v) is 9.99. The second-order valence-electron chi connectivity index (χ2n) is 18.4. The second kappa shape index (κ2) is 27.1. The first-order valence-corrected chi connectivity index (χ1v) is 26.5. The molecule has 2 atom stereocenters. The lowest BCUT2D eigenvalue weighted by Gasteiger charge is -2.36. The average Bonchev–Trinajstić information content (AvgIpc) is 3.69. The van der Waals surface area contributed by atoms with E-state index in [1.54, 1.807) is 0 Å². The molecule has 0 amide bonds. The second-order valence-corrected chi connectivity index (χ2v) is 18.4. The molecule has 0 fully saturated rings. The number of benzene rings is 4. The van der Waals surface area contributed by atoms with Crippen LogP contribution in [0, 0.1) is 17.8 Å². The maximum Gasteiger partial charge on any atom is 0.0582 e. The molecule has 4 aromatic carbocycles. The predicted octanol–water partition coefficient (Wildman–Crippen LogP) is 18.0. The molecule has 368 valence electrons. The third-order valence-electron chi connectivity index (χ3n) is 13.4. The SMILES string of the molecule is C/C=C/C1=CCCC=C1.C=C/C=C(\C)N(c1ccccc1)c1cccc(-c2c3c(c(-c4cccc(N(/C(C)=C/C=C(C=C)/C=C/C5=CCCC=C5)C5C=CC=CC5C)c4)c4c2=CCCC=4)C#CCC=C3)c1.CC. The van der Waals surface area contributed by atoms with Crippen LogP contribution in [0.1, 0.15) is 97.6 Å². The molecule has 0 N–H and O–H groups in total. The van der Waals surface area contributed by atoms with Crippen LogP contribution >= 0.6 is 0 Å². The van der Waals surface area contributed by atoms with Crippen molar-refractivity contribution in [3.63, 3.8) is 0 Å². The van der Waals surface area contributed by atoms with Gasteiger partial charge >= 0.3 is 0 Å². The standard InChI is InChI=1S/C60H56N2.C9H12.C2H6/c1-6-23-45(4)61(51-29-13-9-14-30-51)52-31-21-27-49(42-52)59-54-33-15-10-16-34-55(54)60(57-36-19-18-35-56(57)59)50-28-22-32-53(43-50)62(58-37-20-17-24-44(58)3)46(5)38-39-47(7-2)40-41-48-25-11-8-12-26-48;1-2-6-9-7-4-3-5-8-9;1-2/h6-7,9,11,13-15,17,20-33,35-44,58H,1-2,8,10,12,18-19H2,3-5H3;2,4,6-8H,3,5H2,1H3;1-2H3/b41-40+,45-23+,46-38+,47-39+;6-2+;. The summed E-state index contributed by atoms with van der Waals surface area (Å²) in [5, 5.41) is 2.54. The number of rotatable bonds is 14. The Hall–Kier alpha value is -7.86. The Morgan fingerprint density at radius 2 is 1.26 bits per heavy atom. The fraction of sp³-hybridized carbons (Fsp3) is 0.211. The lowest BCUT2D eigenvalue weighted by atomic mass is 9.83. The molecular weight excluding hydrogens is 881 g/mol. The van der Waals surface area contributed by atoms with Crippen molar-refractivity contribution in [1.29, 1.82) is 0 Å². The van der Waals surface area contributed by atoms with Crippen LogP contribution < -0.4 is 20.2 Å². The zero-order valence-electron chi connectivity index (χ0n) is 44.2. The normalized spacial score (nSPS) is 17.7. The van der Waals surface area contributed by atoms with Crippen molar-refractivity contribution in [3.05, 3.63) is 263 Å². The molecule has 2 nitrogen and oxygen atoms in total. The topological polar surface area (TPSA) is 6.48 Å². The van der Waals surface area contributed by atoms with Gasteiger partial charge in [0.1, 0.15) is 0 Å². The number of para-hydroxylation sites is 1. The van der Waals surface area contributed by atoms with E-state index in [1.807, 2.05) is 32.9 Å². The number of allylic oxidation sites excluding steroid dienone is 23. The van der Waals surface area contributed by atoms with E-state index in [0.717, 1.165) is 65.3 Å². The fourth-order valence-electron chi connectivity index (χ4n) is 9.99. The zero-order chi connectivity index (χ0) is 51.4. The summed E-state index contributed by atoms with van der Waals surface area (Å²) in [5.74, 6) is 7.53. The zero-order valence-corrected chi connectivity index (χ0v) is 44.2. The minimum absolute atomic E-state index is 0.142. The largest absolute Gasteiger partial charge is 0.338 e. The molecule has 5 aliphatic carbocycles. The van der Waals surface area contributed by atoms with Crippen LogP contribution in [-0.2, 0) is 0 Å². The quantitative estimate of drug-likeness (QED) is 0.0918. The molecule has 0 aliphatic heterocycles. The lowest BCUT2D eigenvalue weighted by molar-refractivity contribution is 0.594. The van der Waals surface area contributed by atoms with Gasteiger partial charge in [-0.2, -0.15) is 0 Å². The van der Waals surface area contributed by atoms with Gasteiger partial charge in [-0.1, -0.05) is 216 Å². The van der Waals surface area contributed by atoms with Crippen LogP contribution in [0.3, 0.4) is 0 Å². The summed E-state index contributed by atoms with van der Waals surface area (Å²) in [5.41, 5.74) is 16.3. The molecule has 5 aliphatic rings. The van der Waals surface area contributed by atoms with Crippen LogP contribution in [0.5, 0.6) is 0 Å². The summed E-state index contributed by atoms with van der Waals surface area (Å²) in [7, 11) is 0. The Balaban J connectivity index is 0.000000635. The molecule has 2 unspecified atom stereocenters. The molecule has 0 spiro atoms. The van der Waals surface area contributed by atoms with Crippen LogP contribution in [0.15, 0.2) is 242 Å². The Morgan fingerprint density at radius 3 is 1.92 bits per heavy atom. The van der Waals surface area contributed by atoms with Gasteiger partial charge in [-0.3, -0.25) is 0 Å². The smallest absolute Gasteiger partial charge is 0.0582 e. The van der Waals surface area contributed by atoms with Crippen LogP contribution in [-0.4, -0.2) is 6.04 Å². The number of anilines is 3. The molecule has 4 aromatic rings. The number of hydrogen-bond acceptors (Lipinski definition) is 2. The molecule has 0 aromatic heterocycles. The molecule has 73 heavy (non-hydrogen) atoms. The van der Waals surface area contributed by atoms with Crippen molar-refractivity contribution in [1.82, 2.24) is 0 Å². The van der Waals surface area contributed by atoms with Gasteiger partial charge in [-0.25, -0.2) is 0 Å². The summed E-state index contributed by atoms with van der Waals surface area (Å²) in [6.07, 6.45) is 57.9. The molecule has 9 rings (SSSR count). The van der Waals surface area contributed by atoms with Crippen molar-refractivity contribution in [2.75, 3.05) is 9.80 Å². The first-order valence-electron chi connectivity index (χ1n) is 26.5. The third kappa shape index (κ3) is 13.4. The van der Waals surface area contributed by atoms with E-state index in [1.165, 1.54) is 62.2 Å². The van der Waals surface area contributed by atoms with Crippen molar-refractivity contribution in [2.24, 2.45) is 5.92 Å². The lowest BCUT2D eigenvalue weighted by Crippen LogP contribution is -2.37. The summed E-state index contributed by atoms with van der Waals surface area (Å²) >= 11 is 0. The monoisotopic (exact) mass is 955 g/mol. The van der Waals surface area contributed by atoms with E-state index in [4.69, 9.17) is 0 Å². The highest BCUT2D eigenvalue weighted by Gasteiger charge is 2.26. The Labute approximate surface area is 438 Å². The van der Waals surface area contributed by atoms with Gasteiger partial charge < -0.3 is 9.80 Å². The average molecular weight is 955 g/mol. The molecule has 0 heterocycles. The highest BCUT2D eigenvalue weighted by molar-refractivity contribution is 5.90. The number of fused-ring (bicyclic) bond motifs is 2. The molecule has 0 radical (unpaired) electrons. The number of hydrogen-bond donors (Lipinski definition) is 0. The minimum Gasteiger partial charge on any atom is -0.338 e. The Kier molecular flexibility index (Phi) is 19.7. The van der Waals surface area contributed by atoms with Crippen molar-refractivity contribution >= 4 is 35.3 Å². The van der Waals surface area contributed by atoms with Crippen LogP contribution in [0.4, 0.5) is 17.1 Å². The maximum atomic E-state index is 4.14. The summed E-state index contributed by atoms with van der Waals surface area (Å²) in [6.45, 7) is 20.9. The van der Waals surface area contributed by atoms with Crippen molar-refractivity contribution in [2.45, 2.75) is 92.5 Å². The minimum atomic E-state index is 0.142. The first-order chi connectivity index (χ1) is 35.9. The highest BCUT2D eigenvalue weighted by atomic mass is 15.2. The van der Waals surface area contributed by atoms with Gasteiger partial charge in [0.2, 0.25) is 0 Å². The van der Waals surface area contributed by atoms with Crippen LogP contribution in [0.25, 0.3) is 40.5 Å². The van der Waals surface area contributed by atoms with Gasteiger partial charge in [0.05, 0.1) is 6.04 Å². The molecule has 0 saturated heterocycles. The van der Waals surface area contributed by atoms with E-state index < -0.39 is 0 Å². The maximum absolute atomic E-state index is 4.14. The van der Waals surface area contributed by atoms with E-state index in [9.17, 15) is 0 Å². The first kappa shape index (κ1) is 53.0. The van der Waals surface area contributed by atoms with Gasteiger partial charge in [-0.05, 0) is 163 Å². The van der Waals surface area contributed by atoms with Crippen molar-refractivity contribution in [3.8, 4) is 34.1 Å². The Morgan fingerprint density at radius 1 is 0.630 bits per heavy atom. The highest BCUT2D eigenvalue weighted by Crippen LogP contribution is 2.38.